The van der Waals surface area contributed by atoms with Gasteiger partial charge in [-0.3, -0.25) is 39.2 Å². The number of imide groups is 2. The summed E-state index contributed by atoms with van der Waals surface area (Å²) in [6.45, 7) is -8.42. The van der Waals surface area contributed by atoms with E-state index in [1.54, 1.807) is 0 Å². The second-order valence-electron chi connectivity index (χ2n) is 14.7. The number of piperidine rings is 2. The molecule has 4 aliphatic heterocycles. The number of rotatable bonds is 12. The van der Waals surface area contributed by atoms with Gasteiger partial charge in [-0.05, 0) is 103 Å². The third-order valence-electron chi connectivity index (χ3n) is 11.1. The van der Waals surface area contributed by atoms with Gasteiger partial charge in [0.25, 0.3) is 11.8 Å². The fourth-order valence-electron chi connectivity index (χ4n) is 8.04. The SMILES string of the molecule is [2H]C1([2H])N(CC2CCN(CCOc3ccc(C(=C(CC)c4ccccc4)c4ccccc4)cc3)CC2)C([2H])([2H])C([2H])([2H])N(c2ccc3c(c2)C(=O)N(C2CCC(=O)NC2=O)C3=O)C1([2H])[2H]. The highest BCUT2D eigenvalue weighted by atomic mass is 16.5. The Morgan fingerprint density at radius 2 is 1.39 bits per heavy atom. The van der Waals surface area contributed by atoms with Crippen LogP contribution in [0, 0.1) is 5.92 Å². The second-order valence-corrected chi connectivity index (χ2v) is 14.7. The fourth-order valence-corrected chi connectivity index (χ4v) is 8.04. The van der Waals surface area contributed by atoms with E-state index < -0.39 is 55.7 Å². The molecular formula is C47H51N5O5. The number of hydrogen-bond acceptors (Lipinski definition) is 8. The van der Waals surface area contributed by atoms with Crippen LogP contribution in [0.4, 0.5) is 5.69 Å². The average Bonchev–Trinajstić information content (AvgIpc) is 3.52. The molecule has 3 fully saturated rings. The number of likely N-dealkylation sites (tertiary alicyclic amines) is 1. The molecule has 4 heterocycles. The maximum atomic E-state index is 13.6. The lowest BCUT2D eigenvalue weighted by atomic mass is 9.88. The molecule has 0 saturated carbocycles. The van der Waals surface area contributed by atoms with Crippen molar-refractivity contribution >= 4 is 40.5 Å². The number of carbonyl (C=O) groups is 4. The van der Waals surface area contributed by atoms with Crippen molar-refractivity contribution in [2.24, 2.45) is 5.92 Å². The molecule has 4 aromatic rings. The van der Waals surface area contributed by atoms with Gasteiger partial charge in [0.05, 0.1) is 16.6 Å². The molecule has 0 aromatic heterocycles. The zero-order valence-electron chi connectivity index (χ0n) is 39.9. The molecule has 4 amide bonds. The molecule has 57 heavy (non-hydrogen) atoms. The smallest absolute Gasteiger partial charge is 0.262 e. The molecule has 3 saturated heterocycles. The number of benzene rings is 4. The van der Waals surface area contributed by atoms with E-state index in [0.29, 0.717) is 53.8 Å². The third kappa shape index (κ3) is 8.43. The first-order chi connectivity index (χ1) is 30.9. The fraction of sp³-hybridized carbons (Fsp3) is 0.362. The predicted molar refractivity (Wildman–Crippen MR) is 222 cm³/mol. The van der Waals surface area contributed by atoms with Gasteiger partial charge in [-0.15, -0.1) is 0 Å². The normalized spacial score (nSPS) is 25.7. The van der Waals surface area contributed by atoms with E-state index in [2.05, 4.69) is 65.7 Å². The number of nitrogens with zero attached hydrogens (tertiary/aromatic N) is 4. The number of carbonyl (C=O) groups excluding carboxylic acids is 4. The van der Waals surface area contributed by atoms with Crippen LogP contribution in [-0.4, -0.2) is 103 Å². The minimum Gasteiger partial charge on any atom is -0.492 e. The molecular weight excluding hydrogens is 715 g/mol. The van der Waals surface area contributed by atoms with Crippen molar-refractivity contribution in [1.82, 2.24) is 20.0 Å². The number of piperazine rings is 1. The Bertz CT molecular complexity index is 2470. The van der Waals surface area contributed by atoms with Gasteiger partial charge in [-0.1, -0.05) is 79.7 Å². The second kappa shape index (κ2) is 17.3. The van der Waals surface area contributed by atoms with Crippen LogP contribution < -0.4 is 15.0 Å². The van der Waals surface area contributed by atoms with Crippen molar-refractivity contribution in [3.63, 3.8) is 0 Å². The average molecular weight is 774 g/mol. The van der Waals surface area contributed by atoms with Crippen molar-refractivity contribution in [1.29, 1.82) is 0 Å². The molecule has 0 aliphatic carbocycles. The van der Waals surface area contributed by atoms with E-state index in [1.165, 1.54) is 16.7 Å². The molecule has 4 aromatic carbocycles. The van der Waals surface area contributed by atoms with E-state index in [4.69, 9.17) is 15.7 Å². The lowest BCUT2D eigenvalue weighted by molar-refractivity contribution is -0.136. The van der Waals surface area contributed by atoms with E-state index >= 15 is 0 Å². The highest BCUT2D eigenvalue weighted by Crippen LogP contribution is 2.35. The molecule has 10 heteroatoms. The number of anilines is 1. The molecule has 0 radical (unpaired) electrons. The van der Waals surface area contributed by atoms with Gasteiger partial charge in [0.2, 0.25) is 11.8 Å². The Labute approximate surface area is 346 Å². The summed E-state index contributed by atoms with van der Waals surface area (Å²) in [5.41, 5.74) is 5.02. The third-order valence-corrected chi connectivity index (χ3v) is 11.1. The molecule has 1 unspecified atom stereocenters. The molecule has 10 nitrogen and oxygen atoms in total. The van der Waals surface area contributed by atoms with Crippen LogP contribution in [0.1, 0.15) is 87.4 Å². The minimum absolute atomic E-state index is 0.0930. The standard InChI is InChI=1S/C47H51N5O5/c1-2-39(34-9-5-3-6-10-34)44(35-11-7-4-8-12-35)36-13-16-38(17-14-36)57-30-29-49-23-21-33(22-24-49)32-50-25-27-51(28-26-50)37-15-18-40-41(31-37)47(56)52(46(40)55)42-19-20-43(53)48-45(42)54/h3-18,31,33,42H,2,19-30,32H2,1H3,(H,48,53,54)/i25D2,26D2,27D2,28D2. The first-order valence-electron chi connectivity index (χ1n) is 23.6. The highest BCUT2D eigenvalue weighted by Gasteiger charge is 2.44. The summed E-state index contributed by atoms with van der Waals surface area (Å²) in [7, 11) is 0. The Balaban J connectivity index is 0.903. The highest BCUT2D eigenvalue weighted by molar-refractivity contribution is 6.23. The topological polar surface area (TPSA) is 102 Å². The quantitative estimate of drug-likeness (QED) is 0.131. The van der Waals surface area contributed by atoms with Crippen LogP contribution in [0.15, 0.2) is 103 Å². The maximum Gasteiger partial charge on any atom is 0.262 e. The molecule has 1 N–H and O–H groups in total. The Morgan fingerprint density at radius 3 is 2.05 bits per heavy atom. The maximum absolute atomic E-state index is 13.6. The molecule has 8 rings (SSSR count). The lowest BCUT2D eigenvalue weighted by Gasteiger charge is -2.39. The Morgan fingerprint density at radius 1 is 0.737 bits per heavy atom. The summed E-state index contributed by atoms with van der Waals surface area (Å²) in [4.78, 5) is 55.1. The van der Waals surface area contributed by atoms with Crippen molar-refractivity contribution in [3.8, 4) is 5.75 Å². The van der Waals surface area contributed by atoms with E-state index in [0.717, 1.165) is 41.5 Å². The first-order valence-corrected chi connectivity index (χ1v) is 19.6. The van der Waals surface area contributed by atoms with Gasteiger partial charge in [0.15, 0.2) is 0 Å². The van der Waals surface area contributed by atoms with E-state index in [-0.39, 0.29) is 42.1 Å². The summed E-state index contributed by atoms with van der Waals surface area (Å²) in [6, 6.07) is 30.9. The summed E-state index contributed by atoms with van der Waals surface area (Å²) in [6.07, 6.45) is 1.73. The van der Waals surface area contributed by atoms with Crippen LogP contribution in [0.3, 0.4) is 0 Å². The number of allylic oxidation sites excluding steroid dienone is 1. The number of fused-ring (bicyclic) bond motifs is 1. The van der Waals surface area contributed by atoms with Crippen LogP contribution in [-0.2, 0) is 9.59 Å². The molecule has 294 valence electrons. The minimum atomic E-state index is -3.19. The van der Waals surface area contributed by atoms with Crippen molar-refractivity contribution in [3.05, 3.63) is 131 Å². The number of amides is 4. The Hall–Kier alpha value is -5.58. The van der Waals surface area contributed by atoms with Crippen LogP contribution in [0.25, 0.3) is 11.1 Å². The number of nitrogens with one attached hydrogen (secondary N) is 1. The summed E-state index contributed by atoms with van der Waals surface area (Å²) in [5, 5.41) is 2.11. The summed E-state index contributed by atoms with van der Waals surface area (Å²) in [5.74, 6) is -2.66. The molecule has 4 aliphatic rings. The molecule has 1 atom stereocenters. The predicted octanol–water partition coefficient (Wildman–Crippen LogP) is 6.37. The van der Waals surface area contributed by atoms with Crippen LogP contribution >= 0.6 is 0 Å². The Kier molecular flexibility index (Phi) is 8.98. The monoisotopic (exact) mass is 773 g/mol. The van der Waals surface area contributed by atoms with Gasteiger partial charge in [-0.2, -0.15) is 0 Å². The largest absolute Gasteiger partial charge is 0.492 e. The van der Waals surface area contributed by atoms with Gasteiger partial charge >= 0.3 is 0 Å². The van der Waals surface area contributed by atoms with Gasteiger partial charge in [-0.25, -0.2) is 0 Å². The van der Waals surface area contributed by atoms with Gasteiger partial charge in [0, 0.05) is 56.7 Å². The first kappa shape index (κ1) is 29.6. The van der Waals surface area contributed by atoms with Crippen LogP contribution in [0.2, 0.25) is 0 Å². The van der Waals surface area contributed by atoms with Crippen molar-refractivity contribution in [2.75, 3.05) is 63.7 Å². The molecule has 0 spiro atoms. The number of hydrogen-bond donors (Lipinski definition) is 1. The zero-order valence-corrected chi connectivity index (χ0v) is 31.9. The van der Waals surface area contributed by atoms with Crippen molar-refractivity contribution in [2.45, 2.75) is 45.1 Å². The van der Waals surface area contributed by atoms with E-state index in [9.17, 15) is 19.2 Å². The van der Waals surface area contributed by atoms with Gasteiger partial charge < -0.3 is 9.64 Å². The van der Waals surface area contributed by atoms with Gasteiger partial charge in [0.1, 0.15) is 18.4 Å². The summed E-state index contributed by atoms with van der Waals surface area (Å²) >= 11 is 0. The van der Waals surface area contributed by atoms with Crippen LogP contribution in [0.5, 0.6) is 5.75 Å². The van der Waals surface area contributed by atoms with Crippen molar-refractivity contribution < 1.29 is 34.9 Å². The zero-order chi connectivity index (χ0) is 46.5. The molecule has 0 bridgehead atoms. The number of ether oxygens (including phenoxy) is 1. The lowest BCUT2D eigenvalue weighted by Crippen LogP contribution is -2.54. The van der Waals surface area contributed by atoms with E-state index in [1.807, 2.05) is 36.4 Å². The summed E-state index contributed by atoms with van der Waals surface area (Å²) < 4.78 is 78.6.